The van der Waals surface area contributed by atoms with E-state index < -0.39 is 0 Å². The van der Waals surface area contributed by atoms with Crippen LogP contribution in [0.4, 0.5) is 4.39 Å². The highest BCUT2D eigenvalue weighted by Crippen LogP contribution is 2.37. The Labute approximate surface area is 163 Å². The van der Waals surface area contributed by atoms with Crippen LogP contribution in [-0.4, -0.2) is 12.0 Å². The normalized spacial score (nSPS) is 13.8. The highest BCUT2D eigenvalue weighted by Gasteiger charge is 2.21. The lowest BCUT2D eigenvalue weighted by Crippen LogP contribution is -2.15. The largest absolute Gasteiger partial charge is 0.493 e. The van der Waals surface area contributed by atoms with Gasteiger partial charge in [-0.2, -0.15) is 0 Å². The summed E-state index contributed by atoms with van der Waals surface area (Å²) in [7, 11) is 1.62. The number of hydrogen-bond donors (Lipinski definition) is 0. The number of nitrogens with zero attached hydrogens (tertiary/aromatic N) is 1. The van der Waals surface area contributed by atoms with Crippen LogP contribution in [0.3, 0.4) is 0 Å². The van der Waals surface area contributed by atoms with E-state index in [-0.39, 0.29) is 5.82 Å². The van der Waals surface area contributed by atoms with Crippen molar-refractivity contribution in [2.75, 3.05) is 7.11 Å². The number of ether oxygens (including phenoxy) is 1. The molecule has 0 unspecified atom stereocenters. The fourth-order valence-electron chi connectivity index (χ4n) is 4.00. The van der Waals surface area contributed by atoms with E-state index in [1.54, 1.807) is 19.2 Å². The van der Waals surface area contributed by atoms with Crippen molar-refractivity contribution in [1.82, 2.24) is 4.90 Å². The van der Waals surface area contributed by atoms with Crippen LogP contribution < -0.4 is 4.74 Å². The number of rotatable bonds is 4. The molecular formula is C24H20FNO2. The summed E-state index contributed by atoms with van der Waals surface area (Å²) in [6, 6.07) is 21.1. The SMILES string of the molecule is COc1ccc(CN2Cc3ccccc3C2)c2cc(-c3ccccc3F)oc12. The fraction of sp³-hybridized carbons (Fsp3) is 0.167. The third-order valence-electron chi connectivity index (χ3n) is 5.40. The molecule has 0 saturated heterocycles. The lowest BCUT2D eigenvalue weighted by atomic mass is 10.1. The Balaban J connectivity index is 1.54. The summed E-state index contributed by atoms with van der Waals surface area (Å²) in [6.45, 7) is 2.66. The molecule has 1 aliphatic rings. The first-order valence-corrected chi connectivity index (χ1v) is 9.36. The van der Waals surface area contributed by atoms with Crippen LogP contribution in [0.2, 0.25) is 0 Å². The predicted octanol–water partition coefficient (Wildman–Crippen LogP) is 5.76. The Bertz CT molecular complexity index is 1140. The van der Waals surface area contributed by atoms with Crippen LogP contribution in [0.5, 0.6) is 5.75 Å². The van der Waals surface area contributed by atoms with E-state index in [1.165, 1.54) is 17.2 Å². The smallest absolute Gasteiger partial charge is 0.176 e. The summed E-state index contributed by atoms with van der Waals surface area (Å²) in [5, 5.41) is 0.966. The van der Waals surface area contributed by atoms with Crippen molar-refractivity contribution in [3.05, 3.63) is 89.2 Å². The molecule has 0 aliphatic carbocycles. The van der Waals surface area contributed by atoms with Crippen molar-refractivity contribution >= 4 is 11.0 Å². The molecule has 0 radical (unpaired) electrons. The Morgan fingerprint density at radius 3 is 2.39 bits per heavy atom. The molecule has 5 rings (SSSR count). The maximum absolute atomic E-state index is 14.3. The summed E-state index contributed by atoms with van der Waals surface area (Å²) in [5.74, 6) is 0.881. The van der Waals surface area contributed by atoms with E-state index in [2.05, 4.69) is 35.2 Å². The molecule has 0 atom stereocenters. The van der Waals surface area contributed by atoms with Crippen molar-refractivity contribution in [2.45, 2.75) is 19.6 Å². The van der Waals surface area contributed by atoms with Gasteiger partial charge in [-0.3, -0.25) is 4.90 Å². The summed E-state index contributed by atoms with van der Waals surface area (Å²) in [4.78, 5) is 2.40. The van der Waals surface area contributed by atoms with Gasteiger partial charge < -0.3 is 9.15 Å². The minimum absolute atomic E-state index is 0.294. The molecule has 2 heterocycles. The molecule has 1 aromatic heterocycles. The van der Waals surface area contributed by atoms with Crippen molar-refractivity contribution in [3.63, 3.8) is 0 Å². The average Bonchev–Trinajstić information content (AvgIpc) is 3.32. The number of furan rings is 1. The second kappa shape index (κ2) is 6.80. The molecule has 0 saturated carbocycles. The molecule has 4 heteroatoms. The molecule has 140 valence electrons. The number of benzene rings is 3. The van der Waals surface area contributed by atoms with Crippen molar-refractivity contribution in [2.24, 2.45) is 0 Å². The molecule has 0 spiro atoms. The third-order valence-corrected chi connectivity index (χ3v) is 5.40. The van der Waals surface area contributed by atoms with Crippen molar-refractivity contribution in [3.8, 4) is 17.1 Å². The van der Waals surface area contributed by atoms with E-state index >= 15 is 0 Å². The summed E-state index contributed by atoms with van der Waals surface area (Å²) >= 11 is 0. The number of hydrogen-bond acceptors (Lipinski definition) is 3. The lowest BCUT2D eigenvalue weighted by molar-refractivity contribution is 0.276. The molecule has 0 bridgehead atoms. The summed E-state index contributed by atoms with van der Waals surface area (Å²) in [6.07, 6.45) is 0. The van der Waals surface area contributed by atoms with Crippen LogP contribution in [0, 0.1) is 5.82 Å². The van der Waals surface area contributed by atoms with Gasteiger partial charge in [0.15, 0.2) is 11.3 Å². The van der Waals surface area contributed by atoms with Crippen molar-refractivity contribution < 1.29 is 13.5 Å². The minimum Gasteiger partial charge on any atom is -0.493 e. The maximum Gasteiger partial charge on any atom is 0.176 e. The van der Waals surface area contributed by atoms with Gasteiger partial charge >= 0.3 is 0 Å². The number of halogens is 1. The van der Waals surface area contributed by atoms with E-state index in [4.69, 9.17) is 9.15 Å². The van der Waals surface area contributed by atoms with Crippen LogP contribution in [0.15, 0.2) is 71.1 Å². The topological polar surface area (TPSA) is 25.6 Å². The van der Waals surface area contributed by atoms with Gasteiger partial charge in [-0.25, -0.2) is 4.39 Å². The van der Waals surface area contributed by atoms with Gasteiger partial charge in [0, 0.05) is 25.0 Å². The van der Waals surface area contributed by atoms with E-state index in [1.807, 2.05) is 18.2 Å². The van der Waals surface area contributed by atoms with Gasteiger partial charge in [-0.1, -0.05) is 42.5 Å². The van der Waals surface area contributed by atoms with E-state index in [9.17, 15) is 4.39 Å². The molecule has 0 N–H and O–H groups in total. The number of methoxy groups -OCH3 is 1. The van der Waals surface area contributed by atoms with Crippen LogP contribution in [0.1, 0.15) is 16.7 Å². The molecule has 0 amide bonds. The van der Waals surface area contributed by atoms with Gasteiger partial charge in [0.05, 0.1) is 12.7 Å². The monoisotopic (exact) mass is 373 g/mol. The maximum atomic E-state index is 14.3. The number of fused-ring (bicyclic) bond motifs is 2. The molecule has 3 nitrogen and oxygen atoms in total. The lowest BCUT2D eigenvalue weighted by Gasteiger charge is -2.16. The first kappa shape index (κ1) is 17.0. The Morgan fingerprint density at radius 2 is 1.68 bits per heavy atom. The van der Waals surface area contributed by atoms with Gasteiger partial charge in [0.2, 0.25) is 0 Å². The first-order valence-electron chi connectivity index (χ1n) is 9.36. The Hall–Kier alpha value is -3.11. The second-order valence-corrected chi connectivity index (χ2v) is 7.17. The second-order valence-electron chi connectivity index (χ2n) is 7.17. The van der Waals surface area contributed by atoms with Gasteiger partial charge in [-0.05, 0) is 41.0 Å². The molecule has 28 heavy (non-hydrogen) atoms. The van der Waals surface area contributed by atoms with Gasteiger partial charge in [-0.15, -0.1) is 0 Å². The van der Waals surface area contributed by atoms with E-state index in [0.29, 0.717) is 22.7 Å². The summed E-state index contributed by atoms with van der Waals surface area (Å²) < 4.78 is 25.8. The van der Waals surface area contributed by atoms with Crippen molar-refractivity contribution in [1.29, 1.82) is 0 Å². The first-order chi connectivity index (χ1) is 13.7. The highest BCUT2D eigenvalue weighted by atomic mass is 19.1. The zero-order valence-corrected chi connectivity index (χ0v) is 15.6. The standard InChI is InChI=1S/C24H20FNO2/c1-27-22-11-10-18(15-26-13-16-6-2-3-7-17(16)14-26)20-12-23(28-24(20)22)19-8-4-5-9-21(19)25/h2-12H,13-15H2,1H3. The van der Waals surface area contributed by atoms with Gasteiger partial charge in [0.1, 0.15) is 11.6 Å². The molecule has 3 aromatic carbocycles. The Kier molecular flexibility index (Phi) is 4.14. The molecular weight excluding hydrogens is 353 g/mol. The third kappa shape index (κ3) is 2.86. The van der Waals surface area contributed by atoms with Crippen LogP contribution in [0.25, 0.3) is 22.3 Å². The average molecular weight is 373 g/mol. The Morgan fingerprint density at radius 1 is 0.964 bits per heavy atom. The minimum atomic E-state index is -0.294. The summed E-state index contributed by atoms with van der Waals surface area (Å²) in [5.41, 5.74) is 5.03. The fourth-order valence-corrected chi connectivity index (χ4v) is 4.00. The predicted molar refractivity (Wildman–Crippen MR) is 108 cm³/mol. The highest BCUT2D eigenvalue weighted by molar-refractivity contribution is 5.90. The molecule has 4 aromatic rings. The van der Waals surface area contributed by atoms with Gasteiger partial charge in [0.25, 0.3) is 0 Å². The molecule has 0 fully saturated rings. The zero-order valence-electron chi connectivity index (χ0n) is 15.6. The zero-order chi connectivity index (χ0) is 19.1. The quantitative estimate of drug-likeness (QED) is 0.455. The molecule has 1 aliphatic heterocycles. The van der Waals surface area contributed by atoms with E-state index in [0.717, 1.165) is 30.6 Å². The van der Waals surface area contributed by atoms with Crippen LogP contribution >= 0.6 is 0 Å². The van der Waals surface area contributed by atoms with Crippen LogP contribution in [-0.2, 0) is 19.6 Å².